The first-order chi connectivity index (χ1) is 5.31. The highest BCUT2D eigenvalue weighted by molar-refractivity contribution is 4.99. The minimum atomic E-state index is -0.899. The molecule has 2 nitrogen and oxygen atoms in total. The molecule has 64 valence electrons. The molecule has 0 aromatic rings. The second kappa shape index (κ2) is 2.72. The van der Waals surface area contributed by atoms with Gasteiger partial charge in [-0.05, 0) is 18.8 Å². The van der Waals surface area contributed by atoms with Gasteiger partial charge in [-0.15, -0.1) is 0 Å². The standard InChI is InChI=1S/C8H14FNO/c9-8(5-10-6-8)7-1-3-11-4-2-7/h7,10H,1-6H2. The van der Waals surface area contributed by atoms with E-state index in [9.17, 15) is 4.39 Å². The lowest BCUT2D eigenvalue weighted by Gasteiger charge is -2.43. The third-order valence-electron chi connectivity index (χ3n) is 2.79. The van der Waals surface area contributed by atoms with Crippen LogP contribution in [0.5, 0.6) is 0 Å². The Morgan fingerprint density at radius 2 is 1.91 bits per heavy atom. The van der Waals surface area contributed by atoms with E-state index >= 15 is 0 Å². The van der Waals surface area contributed by atoms with Crippen LogP contribution in [0.2, 0.25) is 0 Å². The fourth-order valence-electron chi connectivity index (χ4n) is 1.87. The minimum Gasteiger partial charge on any atom is -0.381 e. The Labute approximate surface area is 66.1 Å². The summed E-state index contributed by atoms with van der Waals surface area (Å²) in [5.41, 5.74) is -0.899. The molecular weight excluding hydrogens is 145 g/mol. The zero-order chi connectivity index (χ0) is 7.73. The predicted octanol–water partition coefficient (Wildman–Crippen LogP) is 0.724. The van der Waals surface area contributed by atoms with Gasteiger partial charge in [-0.2, -0.15) is 0 Å². The molecule has 0 atom stereocenters. The van der Waals surface area contributed by atoms with E-state index < -0.39 is 5.67 Å². The van der Waals surface area contributed by atoms with Crippen molar-refractivity contribution in [2.24, 2.45) is 5.92 Å². The maximum atomic E-state index is 13.7. The van der Waals surface area contributed by atoms with Gasteiger partial charge in [-0.1, -0.05) is 0 Å². The molecule has 2 aliphatic heterocycles. The predicted molar refractivity (Wildman–Crippen MR) is 40.3 cm³/mol. The fourth-order valence-corrected chi connectivity index (χ4v) is 1.87. The molecule has 11 heavy (non-hydrogen) atoms. The largest absolute Gasteiger partial charge is 0.381 e. The molecule has 0 bridgehead atoms. The maximum Gasteiger partial charge on any atom is 0.138 e. The van der Waals surface area contributed by atoms with Crippen LogP contribution in [0.1, 0.15) is 12.8 Å². The fraction of sp³-hybridized carbons (Fsp3) is 1.00. The van der Waals surface area contributed by atoms with Crippen molar-refractivity contribution in [3.8, 4) is 0 Å². The summed E-state index contributed by atoms with van der Waals surface area (Å²) in [6.45, 7) is 2.60. The number of hydrogen-bond donors (Lipinski definition) is 1. The van der Waals surface area contributed by atoms with E-state index in [0.717, 1.165) is 26.1 Å². The summed E-state index contributed by atoms with van der Waals surface area (Å²) in [4.78, 5) is 0. The van der Waals surface area contributed by atoms with Gasteiger partial charge in [-0.3, -0.25) is 0 Å². The molecule has 0 amide bonds. The van der Waals surface area contributed by atoms with Gasteiger partial charge in [0.25, 0.3) is 0 Å². The first-order valence-corrected chi connectivity index (χ1v) is 4.29. The van der Waals surface area contributed by atoms with Crippen molar-refractivity contribution in [1.29, 1.82) is 0 Å². The van der Waals surface area contributed by atoms with Crippen molar-refractivity contribution < 1.29 is 9.13 Å². The zero-order valence-electron chi connectivity index (χ0n) is 6.61. The van der Waals surface area contributed by atoms with Crippen LogP contribution in [0.25, 0.3) is 0 Å². The summed E-state index contributed by atoms with van der Waals surface area (Å²) in [7, 11) is 0. The van der Waals surface area contributed by atoms with Crippen LogP contribution >= 0.6 is 0 Å². The average Bonchev–Trinajstić information content (AvgIpc) is 2.02. The molecule has 0 spiro atoms. The molecule has 2 aliphatic rings. The van der Waals surface area contributed by atoms with Gasteiger partial charge in [-0.25, -0.2) is 4.39 Å². The molecule has 2 rings (SSSR count). The normalized spacial score (nSPS) is 31.4. The van der Waals surface area contributed by atoms with E-state index in [1.165, 1.54) is 0 Å². The maximum absolute atomic E-state index is 13.7. The third kappa shape index (κ3) is 1.27. The summed E-state index contributed by atoms with van der Waals surface area (Å²) < 4.78 is 18.9. The number of halogens is 1. The molecule has 3 heteroatoms. The van der Waals surface area contributed by atoms with Gasteiger partial charge in [0.1, 0.15) is 5.67 Å². The molecule has 0 aliphatic carbocycles. The Hall–Kier alpha value is -0.150. The van der Waals surface area contributed by atoms with E-state index in [2.05, 4.69) is 5.32 Å². The van der Waals surface area contributed by atoms with Gasteiger partial charge in [0.2, 0.25) is 0 Å². The van der Waals surface area contributed by atoms with Crippen molar-refractivity contribution in [3.63, 3.8) is 0 Å². The number of ether oxygens (including phenoxy) is 1. The number of rotatable bonds is 1. The van der Waals surface area contributed by atoms with Gasteiger partial charge in [0.05, 0.1) is 0 Å². The highest BCUT2D eigenvalue weighted by atomic mass is 19.1. The van der Waals surface area contributed by atoms with Crippen molar-refractivity contribution in [1.82, 2.24) is 5.32 Å². The van der Waals surface area contributed by atoms with E-state index in [-0.39, 0.29) is 5.92 Å². The minimum absolute atomic E-state index is 0.248. The van der Waals surface area contributed by atoms with Crippen LogP contribution in [0.4, 0.5) is 4.39 Å². The molecule has 2 fully saturated rings. The molecule has 2 heterocycles. The highest BCUT2D eigenvalue weighted by Gasteiger charge is 2.44. The topological polar surface area (TPSA) is 21.3 Å². The van der Waals surface area contributed by atoms with Crippen LogP contribution in [0.15, 0.2) is 0 Å². The number of alkyl halides is 1. The number of hydrogen-bond acceptors (Lipinski definition) is 2. The van der Waals surface area contributed by atoms with Crippen LogP contribution in [0.3, 0.4) is 0 Å². The highest BCUT2D eigenvalue weighted by Crippen LogP contribution is 2.33. The van der Waals surface area contributed by atoms with E-state index in [4.69, 9.17) is 4.74 Å². The molecule has 2 saturated heterocycles. The Bertz CT molecular complexity index is 141. The molecule has 0 saturated carbocycles. The van der Waals surface area contributed by atoms with Crippen LogP contribution < -0.4 is 5.32 Å². The summed E-state index contributed by atoms with van der Waals surface area (Å²) in [6, 6.07) is 0. The van der Waals surface area contributed by atoms with E-state index in [0.29, 0.717) is 13.1 Å². The SMILES string of the molecule is FC1(C2CCOCC2)CNC1. The average molecular weight is 159 g/mol. The molecule has 0 aromatic carbocycles. The van der Waals surface area contributed by atoms with Crippen molar-refractivity contribution >= 4 is 0 Å². The Morgan fingerprint density at radius 1 is 1.27 bits per heavy atom. The lowest BCUT2D eigenvalue weighted by molar-refractivity contribution is -0.0387. The second-order valence-corrected chi connectivity index (χ2v) is 3.52. The summed E-state index contributed by atoms with van der Waals surface area (Å²) in [6.07, 6.45) is 1.80. The Morgan fingerprint density at radius 3 is 2.36 bits per heavy atom. The van der Waals surface area contributed by atoms with Crippen molar-refractivity contribution in [3.05, 3.63) is 0 Å². The molecule has 0 aromatic heterocycles. The monoisotopic (exact) mass is 159 g/mol. The summed E-state index contributed by atoms with van der Waals surface area (Å²) in [5.74, 6) is 0.248. The van der Waals surface area contributed by atoms with Crippen molar-refractivity contribution in [2.75, 3.05) is 26.3 Å². The first-order valence-electron chi connectivity index (χ1n) is 4.29. The molecular formula is C8H14FNO. The van der Waals surface area contributed by atoms with E-state index in [1.807, 2.05) is 0 Å². The smallest absolute Gasteiger partial charge is 0.138 e. The van der Waals surface area contributed by atoms with Gasteiger partial charge in [0.15, 0.2) is 0 Å². The van der Waals surface area contributed by atoms with Crippen molar-refractivity contribution in [2.45, 2.75) is 18.5 Å². The number of nitrogens with one attached hydrogen (secondary N) is 1. The Balaban J connectivity index is 1.91. The summed E-state index contributed by atoms with van der Waals surface area (Å²) >= 11 is 0. The lowest BCUT2D eigenvalue weighted by Crippen LogP contribution is -2.61. The van der Waals surface area contributed by atoms with Crippen LogP contribution in [-0.2, 0) is 4.74 Å². The molecule has 1 N–H and O–H groups in total. The van der Waals surface area contributed by atoms with Gasteiger partial charge in [0, 0.05) is 26.3 Å². The summed E-state index contributed by atoms with van der Waals surface area (Å²) in [5, 5.41) is 2.98. The van der Waals surface area contributed by atoms with Gasteiger partial charge >= 0.3 is 0 Å². The molecule has 0 unspecified atom stereocenters. The third-order valence-corrected chi connectivity index (χ3v) is 2.79. The van der Waals surface area contributed by atoms with Crippen LogP contribution in [0, 0.1) is 5.92 Å². The quantitative estimate of drug-likeness (QED) is 0.609. The van der Waals surface area contributed by atoms with Gasteiger partial charge < -0.3 is 10.1 Å². The second-order valence-electron chi connectivity index (χ2n) is 3.52. The van der Waals surface area contributed by atoms with E-state index in [1.54, 1.807) is 0 Å². The zero-order valence-corrected chi connectivity index (χ0v) is 6.61. The molecule has 0 radical (unpaired) electrons. The lowest BCUT2D eigenvalue weighted by atomic mass is 9.79. The first kappa shape index (κ1) is 7.50. The van der Waals surface area contributed by atoms with Crippen LogP contribution in [-0.4, -0.2) is 32.0 Å². The Kier molecular flexibility index (Phi) is 1.85.